The van der Waals surface area contributed by atoms with Gasteiger partial charge in [0.25, 0.3) is 6.43 Å². The van der Waals surface area contributed by atoms with Gasteiger partial charge >= 0.3 is 0 Å². The first-order chi connectivity index (χ1) is 6.06. The molecule has 0 aliphatic heterocycles. The molecule has 0 radical (unpaired) electrons. The lowest BCUT2D eigenvalue weighted by atomic mass is 10.1. The molecule has 0 bridgehead atoms. The van der Waals surface area contributed by atoms with E-state index in [0.717, 1.165) is 0 Å². The summed E-state index contributed by atoms with van der Waals surface area (Å²) in [4.78, 5) is 3.30. The highest BCUT2D eigenvalue weighted by molar-refractivity contribution is 6.16. The van der Waals surface area contributed by atoms with E-state index in [2.05, 4.69) is 4.98 Å². The first-order valence-corrected chi connectivity index (χ1v) is 4.09. The summed E-state index contributed by atoms with van der Waals surface area (Å²) >= 11 is 5.39. The van der Waals surface area contributed by atoms with Crippen LogP contribution >= 0.6 is 11.6 Å². The minimum absolute atomic E-state index is 0.0152. The Bertz CT molecular complexity index is 291. The molecule has 0 N–H and O–H groups in total. The van der Waals surface area contributed by atoms with Gasteiger partial charge in [-0.3, -0.25) is 0 Å². The maximum atomic E-state index is 12.9. The SMILES string of the molecule is Cc1cc(CCl)nc(F)c1C(F)F. The van der Waals surface area contributed by atoms with Crippen molar-refractivity contribution in [2.45, 2.75) is 19.2 Å². The fourth-order valence-electron chi connectivity index (χ4n) is 1.04. The maximum Gasteiger partial charge on any atom is 0.268 e. The number of rotatable bonds is 2. The monoisotopic (exact) mass is 209 g/mol. The van der Waals surface area contributed by atoms with Gasteiger partial charge < -0.3 is 0 Å². The van der Waals surface area contributed by atoms with Crippen molar-refractivity contribution in [3.05, 3.63) is 28.8 Å². The molecule has 1 nitrogen and oxygen atoms in total. The molecular weight excluding hydrogens is 203 g/mol. The van der Waals surface area contributed by atoms with Crippen molar-refractivity contribution in [3.8, 4) is 0 Å². The van der Waals surface area contributed by atoms with Crippen molar-refractivity contribution in [2.24, 2.45) is 0 Å². The van der Waals surface area contributed by atoms with Crippen molar-refractivity contribution in [1.29, 1.82) is 0 Å². The Hall–Kier alpha value is -0.770. The van der Waals surface area contributed by atoms with E-state index in [1.807, 2.05) is 0 Å². The van der Waals surface area contributed by atoms with Crippen LogP contribution in [0.5, 0.6) is 0 Å². The fraction of sp³-hybridized carbons (Fsp3) is 0.375. The third-order valence-electron chi connectivity index (χ3n) is 1.63. The van der Waals surface area contributed by atoms with Crippen molar-refractivity contribution in [2.75, 3.05) is 0 Å². The Kier molecular flexibility index (Phi) is 3.14. The van der Waals surface area contributed by atoms with E-state index < -0.39 is 17.9 Å². The van der Waals surface area contributed by atoms with Crippen molar-refractivity contribution in [1.82, 2.24) is 4.98 Å². The smallest absolute Gasteiger partial charge is 0.223 e. The van der Waals surface area contributed by atoms with Crippen molar-refractivity contribution >= 4 is 11.6 Å². The van der Waals surface area contributed by atoms with E-state index in [4.69, 9.17) is 11.6 Å². The first-order valence-electron chi connectivity index (χ1n) is 3.56. The summed E-state index contributed by atoms with van der Waals surface area (Å²) in [5.41, 5.74) is -0.201. The zero-order valence-electron chi connectivity index (χ0n) is 6.82. The molecule has 0 fully saturated rings. The number of alkyl halides is 3. The normalized spacial score (nSPS) is 10.9. The third-order valence-corrected chi connectivity index (χ3v) is 1.90. The van der Waals surface area contributed by atoms with Gasteiger partial charge in [-0.1, -0.05) is 0 Å². The van der Waals surface area contributed by atoms with Gasteiger partial charge in [-0.2, -0.15) is 4.39 Å². The molecule has 0 unspecified atom stereocenters. The van der Waals surface area contributed by atoms with E-state index in [1.54, 1.807) is 0 Å². The number of halogens is 4. The van der Waals surface area contributed by atoms with Crippen LogP contribution in [0, 0.1) is 12.9 Å². The molecule has 13 heavy (non-hydrogen) atoms. The lowest BCUT2D eigenvalue weighted by molar-refractivity contribution is 0.144. The largest absolute Gasteiger partial charge is 0.268 e. The van der Waals surface area contributed by atoms with Crippen molar-refractivity contribution in [3.63, 3.8) is 0 Å². The molecule has 5 heteroatoms. The van der Waals surface area contributed by atoms with Gasteiger partial charge in [0, 0.05) is 0 Å². The molecule has 0 spiro atoms. The number of pyridine rings is 1. The fourth-order valence-corrected chi connectivity index (χ4v) is 1.18. The summed E-state index contributed by atoms with van der Waals surface area (Å²) in [5.74, 6) is -1.12. The average Bonchev–Trinajstić information content (AvgIpc) is 2.02. The van der Waals surface area contributed by atoms with Gasteiger partial charge in [-0.25, -0.2) is 13.8 Å². The molecule has 0 aliphatic carbocycles. The van der Waals surface area contributed by atoms with Gasteiger partial charge in [0.15, 0.2) is 0 Å². The predicted octanol–water partition coefficient (Wildman–Crippen LogP) is 3.21. The van der Waals surface area contributed by atoms with Gasteiger partial charge in [0.2, 0.25) is 5.95 Å². The zero-order valence-corrected chi connectivity index (χ0v) is 7.58. The van der Waals surface area contributed by atoms with E-state index in [-0.39, 0.29) is 17.1 Å². The minimum Gasteiger partial charge on any atom is -0.223 e. The summed E-state index contributed by atoms with van der Waals surface area (Å²) in [7, 11) is 0. The maximum absolute atomic E-state index is 12.9. The molecule has 0 atom stereocenters. The van der Waals surface area contributed by atoms with E-state index in [1.165, 1.54) is 13.0 Å². The van der Waals surface area contributed by atoms with Gasteiger partial charge in [0.05, 0.1) is 17.1 Å². The number of hydrogen-bond donors (Lipinski definition) is 0. The average molecular weight is 210 g/mol. The number of hydrogen-bond acceptors (Lipinski definition) is 1. The molecule has 0 amide bonds. The molecule has 0 saturated heterocycles. The van der Waals surface area contributed by atoms with Crippen LogP contribution in [0.15, 0.2) is 6.07 Å². The molecule has 1 rings (SSSR count). The van der Waals surface area contributed by atoms with Gasteiger partial charge in [-0.15, -0.1) is 11.6 Å². The number of nitrogens with zero attached hydrogens (tertiary/aromatic N) is 1. The standard InChI is InChI=1S/C8H7ClF3N/c1-4-2-5(3-9)13-8(12)6(4)7(10)11/h2,7H,3H2,1H3. The molecule has 0 aromatic carbocycles. The summed E-state index contributed by atoms with van der Waals surface area (Å²) in [6.45, 7) is 1.41. The summed E-state index contributed by atoms with van der Waals surface area (Å²) in [6.07, 6.45) is -2.84. The highest BCUT2D eigenvalue weighted by Gasteiger charge is 2.18. The van der Waals surface area contributed by atoms with E-state index in [9.17, 15) is 13.2 Å². The minimum atomic E-state index is -2.84. The molecule has 0 aliphatic rings. The van der Waals surface area contributed by atoms with E-state index >= 15 is 0 Å². The Balaban J connectivity index is 3.23. The highest BCUT2D eigenvalue weighted by Crippen LogP contribution is 2.25. The quantitative estimate of drug-likeness (QED) is 0.538. The Morgan fingerprint density at radius 3 is 2.54 bits per heavy atom. The van der Waals surface area contributed by atoms with Crippen LogP contribution in [0.2, 0.25) is 0 Å². The molecule has 72 valence electrons. The van der Waals surface area contributed by atoms with Crippen LogP contribution in [0.1, 0.15) is 23.2 Å². The van der Waals surface area contributed by atoms with E-state index in [0.29, 0.717) is 0 Å². The zero-order chi connectivity index (χ0) is 10.0. The van der Waals surface area contributed by atoms with Crippen LogP contribution < -0.4 is 0 Å². The summed E-state index contributed by atoms with van der Waals surface area (Å²) < 4.78 is 37.3. The molecule has 1 aromatic heterocycles. The summed E-state index contributed by atoms with van der Waals surface area (Å²) in [5, 5.41) is 0. The van der Waals surface area contributed by atoms with Crippen molar-refractivity contribution < 1.29 is 13.2 Å². The van der Waals surface area contributed by atoms with Crippen LogP contribution in [0.3, 0.4) is 0 Å². The second kappa shape index (κ2) is 3.96. The topological polar surface area (TPSA) is 12.9 Å². The lowest BCUT2D eigenvalue weighted by Gasteiger charge is -2.06. The lowest BCUT2D eigenvalue weighted by Crippen LogP contribution is -2.01. The van der Waals surface area contributed by atoms with Crippen LogP contribution in [-0.4, -0.2) is 4.98 Å². The molecule has 1 aromatic rings. The van der Waals surface area contributed by atoms with Crippen LogP contribution in [-0.2, 0) is 5.88 Å². The second-order valence-electron chi connectivity index (χ2n) is 2.57. The molecule has 0 saturated carbocycles. The van der Waals surface area contributed by atoms with Crippen LogP contribution in [0.4, 0.5) is 13.2 Å². The molecular formula is C8H7ClF3N. The first kappa shape index (κ1) is 10.3. The Morgan fingerprint density at radius 1 is 1.54 bits per heavy atom. The third kappa shape index (κ3) is 2.12. The highest BCUT2D eigenvalue weighted by atomic mass is 35.5. The summed E-state index contributed by atoms with van der Waals surface area (Å²) in [6, 6.07) is 1.36. The number of aryl methyl sites for hydroxylation is 1. The van der Waals surface area contributed by atoms with Crippen LogP contribution in [0.25, 0.3) is 0 Å². The van der Waals surface area contributed by atoms with Gasteiger partial charge in [-0.05, 0) is 18.6 Å². The Labute approximate surface area is 78.5 Å². The Morgan fingerprint density at radius 2 is 2.15 bits per heavy atom. The second-order valence-corrected chi connectivity index (χ2v) is 2.84. The molecule has 1 heterocycles. The predicted molar refractivity (Wildman–Crippen MR) is 43.4 cm³/mol. The van der Waals surface area contributed by atoms with Gasteiger partial charge in [0.1, 0.15) is 0 Å². The number of aromatic nitrogens is 1.